The van der Waals surface area contributed by atoms with Gasteiger partial charge in [0.1, 0.15) is 11.3 Å². The number of halogens is 1. The minimum absolute atomic E-state index is 0.102. The van der Waals surface area contributed by atoms with E-state index >= 15 is 0 Å². The number of benzene rings is 1. The summed E-state index contributed by atoms with van der Waals surface area (Å²) in [4.78, 5) is 24.4. The van der Waals surface area contributed by atoms with E-state index in [1.165, 1.54) is 31.6 Å². The Balaban J connectivity index is 1.68. The molecule has 3 aromatic heterocycles. The number of fused-ring (bicyclic) bond motifs is 1. The molecule has 0 bridgehead atoms. The predicted molar refractivity (Wildman–Crippen MR) is 119 cm³/mol. The summed E-state index contributed by atoms with van der Waals surface area (Å²) in [6.07, 6.45) is 4.25. The Morgan fingerprint density at radius 1 is 1.12 bits per heavy atom. The molecule has 3 heterocycles. The molecule has 0 aliphatic carbocycles. The average molecular weight is 470 g/mol. The van der Waals surface area contributed by atoms with Gasteiger partial charge in [0, 0.05) is 42.0 Å². The molecule has 0 spiro atoms. The molecule has 0 saturated carbocycles. The lowest BCUT2D eigenvalue weighted by atomic mass is 10.00. The molecule has 33 heavy (non-hydrogen) atoms. The Kier molecular flexibility index (Phi) is 6.05. The van der Waals surface area contributed by atoms with Crippen molar-refractivity contribution in [2.45, 2.75) is 20.3 Å². The highest BCUT2D eigenvalue weighted by atomic mass is 32.2. The van der Waals surface area contributed by atoms with Gasteiger partial charge in [-0.15, -0.1) is 0 Å². The zero-order valence-electron chi connectivity index (χ0n) is 17.7. The van der Waals surface area contributed by atoms with Crippen molar-refractivity contribution in [3.05, 3.63) is 81.9 Å². The molecule has 9 nitrogen and oxygen atoms in total. The van der Waals surface area contributed by atoms with E-state index in [1.54, 1.807) is 31.2 Å². The number of pyridine rings is 1. The van der Waals surface area contributed by atoms with Crippen molar-refractivity contribution >= 4 is 26.8 Å². The summed E-state index contributed by atoms with van der Waals surface area (Å²) in [5, 5.41) is 0.646. The number of rotatable bonds is 7. The number of hydrogen-bond acceptors (Lipinski definition) is 8. The van der Waals surface area contributed by atoms with Gasteiger partial charge in [-0.25, -0.2) is 32.6 Å². The van der Waals surface area contributed by atoms with Gasteiger partial charge in [-0.3, -0.25) is 4.72 Å². The normalized spacial score (nSPS) is 11.5. The summed E-state index contributed by atoms with van der Waals surface area (Å²) >= 11 is 0. The van der Waals surface area contributed by atoms with Crippen LogP contribution in [0.1, 0.15) is 23.6 Å². The van der Waals surface area contributed by atoms with Crippen molar-refractivity contribution in [2.24, 2.45) is 0 Å². The molecule has 1 N–H and O–H groups in total. The Hall–Kier alpha value is -3.86. The summed E-state index contributed by atoms with van der Waals surface area (Å²) in [5.74, 6) is -1.10. The SMILES string of the molecule is CCS(=O)(=O)Nc1nccc(Cc2c(C)c3ccc(Oc4ncccn4)cc3oc2=O)c1F. The van der Waals surface area contributed by atoms with Crippen molar-refractivity contribution in [2.75, 3.05) is 10.5 Å². The van der Waals surface area contributed by atoms with Crippen LogP contribution in [0.3, 0.4) is 0 Å². The Morgan fingerprint density at radius 2 is 1.88 bits per heavy atom. The number of hydrogen-bond donors (Lipinski definition) is 1. The maximum absolute atomic E-state index is 14.9. The highest BCUT2D eigenvalue weighted by Crippen LogP contribution is 2.28. The van der Waals surface area contributed by atoms with Crippen LogP contribution in [0.15, 0.2) is 58.1 Å². The van der Waals surface area contributed by atoms with Crippen molar-refractivity contribution in [1.82, 2.24) is 15.0 Å². The highest BCUT2D eigenvalue weighted by molar-refractivity contribution is 7.92. The monoisotopic (exact) mass is 470 g/mol. The van der Waals surface area contributed by atoms with E-state index in [-0.39, 0.29) is 29.3 Å². The van der Waals surface area contributed by atoms with Crippen LogP contribution in [0.2, 0.25) is 0 Å². The molecule has 4 aromatic rings. The fraction of sp³-hybridized carbons (Fsp3) is 0.182. The third-order valence-corrected chi connectivity index (χ3v) is 6.24. The molecular weight excluding hydrogens is 451 g/mol. The van der Waals surface area contributed by atoms with Crippen LogP contribution >= 0.6 is 0 Å². The van der Waals surface area contributed by atoms with Gasteiger partial charge in [-0.2, -0.15) is 0 Å². The van der Waals surface area contributed by atoms with Crippen LogP contribution in [0.4, 0.5) is 10.2 Å². The Morgan fingerprint density at radius 3 is 2.61 bits per heavy atom. The largest absolute Gasteiger partial charge is 0.424 e. The summed E-state index contributed by atoms with van der Waals surface area (Å²) in [6.45, 7) is 3.16. The molecule has 0 unspecified atom stereocenters. The first kappa shape index (κ1) is 22.3. The number of sulfonamides is 1. The first-order chi connectivity index (χ1) is 15.8. The van der Waals surface area contributed by atoms with Crippen molar-refractivity contribution < 1.29 is 22.0 Å². The molecule has 170 valence electrons. The summed E-state index contributed by atoms with van der Waals surface area (Å²) in [6, 6.07) is 8.15. The maximum atomic E-state index is 14.9. The first-order valence-corrected chi connectivity index (χ1v) is 11.6. The molecule has 1 aromatic carbocycles. The van der Waals surface area contributed by atoms with Gasteiger partial charge in [-0.1, -0.05) is 0 Å². The lowest BCUT2D eigenvalue weighted by molar-refractivity contribution is 0.440. The van der Waals surface area contributed by atoms with Crippen molar-refractivity contribution in [3.63, 3.8) is 0 Å². The Labute approximate surface area is 188 Å². The topological polar surface area (TPSA) is 124 Å². The maximum Gasteiger partial charge on any atom is 0.340 e. The number of nitrogens with one attached hydrogen (secondary N) is 1. The van der Waals surface area contributed by atoms with Gasteiger partial charge in [0.25, 0.3) is 0 Å². The second kappa shape index (κ2) is 8.94. The number of aryl methyl sites for hydroxylation is 1. The van der Waals surface area contributed by atoms with Crippen LogP contribution in [0, 0.1) is 12.7 Å². The number of anilines is 1. The molecule has 4 rings (SSSR count). The van der Waals surface area contributed by atoms with E-state index in [9.17, 15) is 17.6 Å². The van der Waals surface area contributed by atoms with E-state index < -0.39 is 27.3 Å². The van der Waals surface area contributed by atoms with Crippen molar-refractivity contribution in [3.8, 4) is 11.8 Å². The van der Waals surface area contributed by atoms with Crippen LogP contribution < -0.4 is 15.1 Å². The fourth-order valence-electron chi connectivity index (χ4n) is 3.19. The predicted octanol–water partition coefficient (Wildman–Crippen LogP) is 3.57. The van der Waals surface area contributed by atoms with Crippen LogP contribution in [-0.4, -0.2) is 29.1 Å². The second-order valence-corrected chi connectivity index (χ2v) is 9.11. The molecule has 0 aliphatic heterocycles. The van der Waals surface area contributed by atoms with E-state index in [2.05, 4.69) is 19.7 Å². The smallest absolute Gasteiger partial charge is 0.340 e. The summed E-state index contributed by atoms with van der Waals surface area (Å²) < 4.78 is 51.6. The quantitative estimate of drug-likeness (QED) is 0.407. The molecule has 0 saturated heterocycles. The van der Waals surface area contributed by atoms with Gasteiger partial charge in [0.15, 0.2) is 11.6 Å². The lowest BCUT2D eigenvalue weighted by Crippen LogP contribution is -2.18. The molecule has 0 amide bonds. The number of aromatic nitrogens is 3. The van der Waals surface area contributed by atoms with E-state index in [1.807, 2.05) is 0 Å². The van der Waals surface area contributed by atoms with E-state index in [4.69, 9.17) is 9.15 Å². The van der Waals surface area contributed by atoms with E-state index in [0.717, 1.165) is 0 Å². The molecule has 0 radical (unpaired) electrons. The van der Waals surface area contributed by atoms with E-state index in [0.29, 0.717) is 22.3 Å². The molecule has 0 fully saturated rings. The average Bonchev–Trinajstić information content (AvgIpc) is 2.79. The van der Waals surface area contributed by atoms with Gasteiger partial charge >= 0.3 is 11.6 Å². The number of nitrogens with zero attached hydrogens (tertiary/aromatic N) is 3. The first-order valence-electron chi connectivity index (χ1n) is 9.92. The van der Waals surface area contributed by atoms with Gasteiger partial charge < -0.3 is 9.15 Å². The van der Waals surface area contributed by atoms with Crippen LogP contribution in [0.5, 0.6) is 11.8 Å². The summed E-state index contributed by atoms with van der Waals surface area (Å²) in [5.41, 5.74) is 0.614. The number of ether oxygens (including phenoxy) is 1. The zero-order valence-corrected chi connectivity index (χ0v) is 18.5. The second-order valence-electron chi connectivity index (χ2n) is 7.10. The molecular formula is C22H19FN4O5S. The molecule has 0 aliphatic rings. The third-order valence-electron chi connectivity index (χ3n) is 4.98. The molecule has 11 heteroatoms. The van der Waals surface area contributed by atoms with Gasteiger partial charge in [0.2, 0.25) is 10.0 Å². The highest BCUT2D eigenvalue weighted by Gasteiger charge is 2.19. The summed E-state index contributed by atoms with van der Waals surface area (Å²) in [7, 11) is -3.71. The lowest BCUT2D eigenvalue weighted by Gasteiger charge is -2.12. The minimum Gasteiger partial charge on any atom is -0.424 e. The third kappa shape index (κ3) is 4.82. The van der Waals surface area contributed by atoms with Gasteiger partial charge in [-0.05, 0) is 49.2 Å². The Bertz CT molecular complexity index is 1490. The zero-order chi connectivity index (χ0) is 23.6. The standard InChI is InChI=1S/C22H19FN4O5S/c1-3-33(29,30)27-20-19(23)14(7-10-24-20)11-17-13(2)16-6-5-15(12-18(16)32-21(17)28)31-22-25-8-4-9-26-22/h4-10,12H,3,11H2,1-2H3,(H,24,27). The minimum atomic E-state index is -3.71. The van der Waals surface area contributed by atoms with Crippen LogP contribution in [0.25, 0.3) is 11.0 Å². The van der Waals surface area contributed by atoms with Gasteiger partial charge in [0.05, 0.1) is 5.75 Å². The van der Waals surface area contributed by atoms with Crippen LogP contribution in [-0.2, 0) is 16.4 Å². The molecule has 0 atom stereocenters. The van der Waals surface area contributed by atoms with Crippen molar-refractivity contribution in [1.29, 1.82) is 0 Å². The fourth-order valence-corrected chi connectivity index (χ4v) is 3.77.